The zero-order valence-corrected chi connectivity index (χ0v) is 17.4. The molecule has 0 spiro atoms. The lowest BCUT2D eigenvalue weighted by Gasteiger charge is -2.09. The van der Waals surface area contributed by atoms with Crippen LogP contribution in [0, 0.1) is 18.3 Å². The summed E-state index contributed by atoms with van der Waals surface area (Å²) in [6.45, 7) is 2.00. The van der Waals surface area contributed by atoms with Crippen LogP contribution in [0.1, 0.15) is 11.1 Å². The third kappa shape index (κ3) is 4.26. The van der Waals surface area contributed by atoms with Crippen molar-refractivity contribution in [1.82, 2.24) is 24.7 Å². The second kappa shape index (κ2) is 8.73. The molecule has 10 heteroatoms. The predicted molar refractivity (Wildman–Crippen MR) is 118 cm³/mol. The Morgan fingerprint density at radius 1 is 1.16 bits per heavy atom. The van der Waals surface area contributed by atoms with Crippen LogP contribution in [-0.4, -0.2) is 36.3 Å². The highest BCUT2D eigenvalue weighted by Crippen LogP contribution is 2.23. The topological polar surface area (TPSA) is 127 Å². The number of nitriles is 1. The third-order valence-corrected chi connectivity index (χ3v) is 5.40. The fourth-order valence-electron chi connectivity index (χ4n) is 2.89. The van der Waals surface area contributed by atoms with Crippen LogP contribution in [-0.2, 0) is 4.79 Å². The van der Waals surface area contributed by atoms with Crippen molar-refractivity contribution >= 4 is 23.5 Å². The van der Waals surface area contributed by atoms with E-state index < -0.39 is 0 Å². The number of nitrogens with one attached hydrogen (secondary N) is 1. The van der Waals surface area contributed by atoms with E-state index in [1.807, 2.05) is 67.6 Å². The van der Waals surface area contributed by atoms with Gasteiger partial charge in [0.1, 0.15) is 11.6 Å². The first kappa shape index (κ1) is 20.2. The summed E-state index contributed by atoms with van der Waals surface area (Å²) in [5, 5.41) is 25.0. The van der Waals surface area contributed by atoms with Crippen LogP contribution < -0.4 is 11.2 Å². The molecule has 3 N–H and O–H groups in total. The number of carbonyl (C=O) groups excluding carboxylic acids is 1. The van der Waals surface area contributed by atoms with Gasteiger partial charge in [0.25, 0.3) is 0 Å². The number of amides is 1. The number of anilines is 1. The zero-order chi connectivity index (χ0) is 21.8. The van der Waals surface area contributed by atoms with Crippen molar-refractivity contribution in [3.8, 4) is 23.1 Å². The second-order valence-corrected chi connectivity index (χ2v) is 7.59. The monoisotopic (exact) mass is 430 g/mol. The van der Waals surface area contributed by atoms with Gasteiger partial charge in [0.15, 0.2) is 11.6 Å². The van der Waals surface area contributed by atoms with E-state index in [0.717, 1.165) is 28.6 Å². The predicted octanol–water partition coefficient (Wildman–Crippen LogP) is 2.76. The van der Waals surface area contributed by atoms with E-state index in [1.54, 1.807) is 0 Å². The molecule has 1 amide bonds. The molecule has 154 valence electrons. The van der Waals surface area contributed by atoms with Crippen molar-refractivity contribution in [2.24, 2.45) is 0 Å². The van der Waals surface area contributed by atoms with Gasteiger partial charge in [-0.25, -0.2) is 9.36 Å². The molecule has 0 fully saturated rings. The number of benzene rings is 2. The number of hydrogen-bond acceptors (Lipinski definition) is 7. The number of carbonyl (C=O) groups is 1. The first-order chi connectivity index (χ1) is 15.1. The van der Waals surface area contributed by atoms with Gasteiger partial charge in [-0.2, -0.15) is 10.4 Å². The molecule has 0 unspecified atom stereocenters. The lowest BCUT2D eigenvalue weighted by molar-refractivity contribution is -0.113. The van der Waals surface area contributed by atoms with E-state index in [-0.39, 0.29) is 17.2 Å². The quantitative estimate of drug-likeness (QED) is 0.356. The lowest BCUT2D eigenvalue weighted by Crippen LogP contribution is -2.19. The van der Waals surface area contributed by atoms with Crippen LogP contribution >= 0.6 is 11.8 Å². The van der Waals surface area contributed by atoms with Crippen molar-refractivity contribution in [2.75, 3.05) is 16.9 Å². The van der Waals surface area contributed by atoms with Gasteiger partial charge in [-0.15, -0.1) is 10.2 Å². The molecule has 0 bridgehead atoms. The Morgan fingerprint density at radius 3 is 2.61 bits per heavy atom. The highest BCUT2D eigenvalue weighted by atomic mass is 32.2. The minimum absolute atomic E-state index is 0.0358. The highest BCUT2D eigenvalue weighted by molar-refractivity contribution is 7.99. The molecule has 4 rings (SSSR count). The van der Waals surface area contributed by atoms with E-state index >= 15 is 0 Å². The molecule has 0 atom stereocenters. The van der Waals surface area contributed by atoms with Crippen LogP contribution in [0.15, 0.2) is 66.0 Å². The summed E-state index contributed by atoms with van der Waals surface area (Å²) in [5.41, 5.74) is 2.97. The fourth-order valence-corrected chi connectivity index (χ4v) is 3.55. The Labute approximate surface area is 182 Å². The summed E-state index contributed by atoms with van der Waals surface area (Å²) < 4.78 is 2.87. The number of nitrogens with two attached hydrogens (primary N) is 1. The van der Waals surface area contributed by atoms with Crippen molar-refractivity contribution in [3.63, 3.8) is 0 Å². The van der Waals surface area contributed by atoms with Gasteiger partial charge in [-0.3, -0.25) is 4.79 Å². The smallest absolute Gasteiger partial charge is 0.236 e. The number of aryl methyl sites for hydroxylation is 1. The number of aromatic nitrogens is 5. The largest absolute Gasteiger partial charge is 0.335 e. The maximum absolute atomic E-state index is 12.6. The van der Waals surface area contributed by atoms with E-state index in [2.05, 4.69) is 20.6 Å². The Morgan fingerprint density at radius 2 is 1.90 bits per heavy atom. The normalized spacial score (nSPS) is 10.6. The number of hydrogen-bond donors (Lipinski definition) is 2. The van der Waals surface area contributed by atoms with Crippen LogP contribution in [0.2, 0.25) is 0 Å². The third-order valence-electron chi connectivity index (χ3n) is 4.45. The summed E-state index contributed by atoms with van der Waals surface area (Å²) >= 11 is 1.15. The Kier molecular flexibility index (Phi) is 5.68. The summed E-state index contributed by atoms with van der Waals surface area (Å²) in [7, 11) is 0. The Bertz CT molecular complexity index is 1260. The van der Waals surface area contributed by atoms with Gasteiger partial charge in [0.2, 0.25) is 11.1 Å². The number of nitrogen functional groups attached to an aromatic ring is 1. The van der Waals surface area contributed by atoms with Crippen molar-refractivity contribution in [2.45, 2.75) is 12.1 Å². The standard InChI is InChI=1S/C21H18N8OS/c1-14-7-9-15(10-8-14)20-26-27-21(28(20)23)31-13-18(30)25-19-16(11-22)12-24-29(19)17-5-3-2-4-6-17/h2-10,12H,13,23H2,1H3,(H,25,30). The van der Waals surface area contributed by atoms with Gasteiger partial charge in [0.05, 0.1) is 17.6 Å². The van der Waals surface area contributed by atoms with Gasteiger partial charge < -0.3 is 11.2 Å². The molecule has 2 aromatic carbocycles. The van der Waals surface area contributed by atoms with E-state index in [4.69, 9.17) is 5.84 Å². The molecule has 9 nitrogen and oxygen atoms in total. The Balaban J connectivity index is 1.47. The van der Waals surface area contributed by atoms with Crippen LogP contribution in [0.25, 0.3) is 17.1 Å². The summed E-state index contributed by atoms with van der Waals surface area (Å²) in [6.07, 6.45) is 1.42. The molecule has 0 saturated carbocycles. The lowest BCUT2D eigenvalue weighted by atomic mass is 10.1. The van der Waals surface area contributed by atoms with Gasteiger partial charge >= 0.3 is 0 Å². The Hall–Kier alpha value is -4.10. The van der Waals surface area contributed by atoms with Crippen LogP contribution in [0.4, 0.5) is 5.82 Å². The number of para-hydroxylation sites is 1. The number of nitrogens with zero attached hydrogens (tertiary/aromatic N) is 6. The summed E-state index contributed by atoms with van der Waals surface area (Å²) in [6, 6.07) is 19.1. The summed E-state index contributed by atoms with van der Waals surface area (Å²) in [4.78, 5) is 12.6. The van der Waals surface area contributed by atoms with Crippen molar-refractivity contribution < 1.29 is 4.79 Å². The van der Waals surface area contributed by atoms with Crippen molar-refractivity contribution in [1.29, 1.82) is 5.26 Å². The van der Waals surface area contributed by atoms with E-state index in [0.29, 0.717) is 16.8 Å². The number of rotatable bonds is 6. The van der Waals surface area contributed by atoms with Crippen LogP contribution in [0.5, 0.6) is 0 Å². The maximum Gasteiger partial charge on any atom is 0.236 e. The fraction of sp³-hybridized carbons (Fsp3) is 0.0952. The molecule has 2 aromatic heterocycles. The molecule has 31 heavy (non-hydrogen) atoms. The van der Waals surface area contributed by atoms with Gasteiger partial charge in [-0.05, 0) is 19.1 Å². The van der Waals surface area contributed by atoms with E-state index in [1.165, 1.54) is 15.6 Å². The highest BCUT2D eigenvalue weighted by Gasteiger charge is 2.17. The van der Waals surface area contributed by atoms with Crippen LogP contribution in [0.3, 0.4) is 0 Å². The zero-order valence-electron chi connectivity index (χ0n) is 16.6. The minimum Gasteiger partial charge on any atom is -0.335 e. The molecule has 0 saturated heterocycles. The minimum atomic E-state index is -0.320. The second-order valence-electron chi connectivity index (χ2n) is 6.65. The first-order valence-electron chi connectivity index (χ1n) is 9.30. The number of thioether (sulfide) groups is 1. The SMILES string of the molecule is Cc1ccc(-c2nnc(SCC(=O)Nc3c(C#N)cnn3-c3ccccc3)n2N)cc1. The molecule has 0 aliphatic rings. The molecule has 4 aromatic rings. The molecule has 2 heterocycles. The average Bonchev–Trinajstić information content (AvgIpc) is 3.36. The average molecular weight is 430 g/mol. The van der Waals surface area contributed by atoms with Gasteiger partial charge in [0, 0.05) is 5.56 Å². The molecule has 0 aliphatic heterocycles. The maximum atomic E-state index is 12.6. The first-order valence-corrected chi connectivity index (χ1v) is 10.3. The molecular weight excluding hydrogens is 412 g/mol. The molecule has 0 aliphatic carbocycles. The van der Waals surface area contributed by atoms with Crippen molar-refractivity contribution in [3.05, 3.63) is 71.9 Å². The molecule has 0 radical (unpaired) electrons. The summed E-state index contributed by atoms with van der Waals surface area (Å²) in [5.74, 6) is 6.66. The van der Waals surface area contributed by atoms with Gasteiger partial charge in [-0.1, -0.05) is 59.8 Å². The molecular formula is C21H18N8OS. The van der Waals surface area contributed by atoms with E-state index in [9.17, 15) is 10.1 Å².